The number of hydrogen-bond acceptors (Lipinski definition) is 1. The summed E-state index contributed by atoms with van der Waals surface area (Å²) in [5.74, 6) is 0.796. The van der Waals surface area contributed by atoms with Gasteiger partial charge in [0.1, 0.15) is 5.82 Å². The Balaban J connectivity index is 2.75. The summed E-state index contributed by atoms with van der Waals surface area (Å²) in [7, 11) is -1.34. The van der Waals surface area contributed by atoms with E-state index in [2.05, 4.69) is 25.7 Å². The molecule has 14 heavy (non-hydrogen) atoms. The maximum absolute atomic E-state index is 12.7. The summed E-state index contributed by atoms with van der Waals surface area (Å²) in [5.41, 5.74) is 0. The quantitative estimate of drug-likeness (QED) is 0.594. The molecule has 1 rings (SSSR count). The SMILES string of the molecule is C[Si](C)(CCCS)c1ccc(F)cc1. The van der Waals surface area contributed by atoms with Crippen molar-refractivity contribution in [1.82, 2.24) is 0 Å². The molecule has 0 saturated carbocycles. The highest BCUT2D eigenvalue weighted by atomic mass is 32.1. The van der Waals surface area contributed by atoms with Crippen molar-refractivity contribution in [2.45, 2.75) is 25.6 Å². The van der Waals surface area contributed by atoms with Crippen LogP contribution in [0.4, 0.5) is 4.39 Å². The lowest BCUT2D eigenvalue weighted by Gasteiger charge is -2.22. The second kappa shape index (κ2) is 4.98. The molecule has 0 unspecified atom stereocenters. The van der Waals surface area contributed by atoms with Gasteiger partial charge in [-0.25, -0.2) is 4.39 Å². The van der Waals surface area contributed by atoms with E-state index in [1.54, 1.807) is 12.1 Å². The smallest absolute Gasteiger partial charge is 0.123 e. The standard InChI is InChI=1S/C11H17FSSi/c1-14(2,9-3-8-13)11-6-4-10(12)5-7-11/h4-7,13H,3,8-9H2,1-2H3. The van der Waals surface area contributed by atoms with Crippen molar-refractivity contribution in [2.75, 3.05) is 5.75 Å². The van der Waals surface area contributed by atoms with E-state index in [9.17, 15) is 4.39 Å². The summed E-state index contributed by atoms with van der Waals surface area (Å²) >= 11 is 4.22. The lowest BCUT2D eigenvalue weighted by molar-refractivity contribution is 0.628. The zero-order chi connectivity index (χ0) is 10.6. The second-order valence-corrected chi connectivity index (χ2v) is 9.51. The Bertz CT molecular complexity index is 282. The van der Waals surface area contributed by atoms with E-state index >= 15 is 0 Å². The monoisotopic (exact) mass is 228 g/mol. The summed E-state index contributed by atoms with van der Waals surface area (Å²) in [6.07, 6.45) is 1.15. The van der Waals surface area contributed by atoms with Crippen LogP contribution in [0.25, 0.3) is 0 Å². The van der Waals surface area contributed by atoms with E-state index in [0.29, 0.717) is 0 Å². The molecule has 3 heteroatoms. The van der Waals surface area contributed by atoms with Crippen LogP contribution >= 0.6 is 12.6 Å². The van der Waals surface area contributed by atoms with Crippen molar-refractivity contribution in [3.8, 4) is 0 Å². The molecule has 0 fully saturated rings. The first-order valence-electron chi connectivity index (χ1n) is 4.93. The number of rotatable bonds is 4. The molecule has 0 spiro atoms. The third-order valence-electron chi connectivity index (χ3n) is 2.59. The van der Waals surface area contributed by atoms with Crippen LogP contribution in [0, 0.1) is 5.82 Å². The van der Waals surface area contributed by atoms with E-state index in [1.165, 1.54) is 11.2 Å². The Hall–Kier alpha value is -0.283. The second-order valence-electron chi connectivity index (χ2n) is 4.22. The first-order chi connectivity index (χ1) is 6.56. The third-order valence-corrected chi connectivity index (χ3v) is 6.40. The number of hydrogen-bond donors (Lipinski definition) is 1. The zero-order valence-electron chi connectivity index (χ0n) is 8.76. The van der Waals surface area contributed by atoms with E-state index in [0.717, 1.165) is 12.2 Å². The minimum atomic E-state index is -1.34. The molecule has 0 aliphatic rings. The molecule has 0 nitrogen and oxygen atoms in total. The zero-order valence-corrected chi connectivity index (χ0v) is 10.7. The van der Waals surface area contributed by atoms with Crippen molar-refractivity contribution >= 4 is 25.9 Å². The van der Waals surface area contributed by atoms with Crippen LogP contribution in [-0.2, 0) is 0 Å². The van der Waals surface area contributed by atoms with Crippen LogP contribution in [0.5, 0.6) is 0 Å². The fourth-order valence-electron chi connectivity index (χ4n) is 1.57. The van der Waals surface area contributed by atoms with Gasteiger partial charge in [-0.1, -0.05) is 36.5 Å². The lowest BCUT2D eigenvalue weighted by atomic mass is 10.3. The van der Waals surface area contributed by atoms with Gasteiger partial charge in [-0.2, -0.15) is 12.6 Å². The van der Waals surface area contributed by atoms with Crippen LogP contribution in [0.2, 0.25) is 19.1 Å². The molecule has 78 valence electrons. The first kappa shape index (κ1) is 11.8. The molecule has 1 aromatic carbocycles. The third kappa shape index (κ3) is 3.14. The Morgan fingerprint density at radius 1 is 1.21 bits per heavy atom. The van der Waals surface area contributed by atoms with Gasteiger partial charge in [0.2, 0.25) is 0 Å². The number of halogens is 1. The van der Waals surface area contributed by atoms with Crippen molar-refractivity contribution in [2.24, 2.45) is 0 Å². The summed E-state index contributed by atoms with van der Waals surface area (Å²) in [5, 5.41) is 1.33. The fraction of sp³-hybridized carbons (Fsp3) is 0.455. The van der Waals surface area contributed by atoms with Gasteiger partial charge in [0, 0.05) is 0 Å². The van der Waals surface area contributed by atoms with Gasteiger partial charge in [-0.15, -0.1) is 0 Å². The van der Waals surface area contributed by atoms with Gasteiger partial charge in [0.15, 0.2) is 0 Å². The highest BCUT2D eigenvalue weighted by Gasteiger charge is 2.22. The average molecular weight is 228 g/mol. The summed E-state index contributed by atoms with van der Waals surface area (Å²) in [4.78, 5) is 0. The highest BCUT2D eigenvalue weighted by molar-refractivity contribution is 7.80. The minimum Gasteiger partial charge on any atom is -0.207 e. The number of thiol groups is 1. The summed E-state index contributed by atoms with van der Waals surface area (Å²) < 4.78 is 12.7. The molecule has 0 N–H and O–H groups in total. The van der Waals surface area contributed by atoms with Crippen LogP contribution in [0.15, 0.2) is 24.3 Å². The molecular weight excluding hydrogens is 211 g/mol. The summed E-state index contributed by atoms with van der Waals surface area (Å²) in [6, 6.07) is 8.21. The first-order valence-corrected chi connectivity index (χ1v) is 8.77. The topological polar surface area (TPSA) is 0 Å². The predicted molar refractivity (Wildman–Crippen MR) is 66.8 cm³/mol. The van der Waals surface area contributed by atoms with Gasteiger partial charge < -0.3 is 0 Å². The van der Waals surface area contributed by atoms with E-state index in [1.807, 2.05) is 12.1 Å². The predicted octanol–water partition coefficient (Wildman–Crippen LogP) is 3.06. The van der Waals surface area contributed by atoms with Gasteiger partial charge in [0.25, 0.3) is 0 Å². The molecule has 0 amide bonds. The average Bonchev–Trinajstić information content (AvgIpc) is 2.16. The maximum atomic E-state index is 12.7. The fourth-order valence-corrected chi connectivity index (χ4v) is 4.44. The molecule has 0 saturated heterocycles. The Labute approximate surface area is 92.0 Å². The van der Waals surface area contributed by atoms with Crippen molar-refractivity contribution in [3.05, 3.63) is 30.1 Å². The summed E-state index contributed by atoms with van der Waals surface area (Å²) in [6.45, 7) is 4.65. The largest absolute Gasteiger partial charge is 0.207 e. The van der Waals surface area contributed by atoms with Crippen molar-refractivity contribution in [3.63, 3.8) is 0 Å². The molecule has 0 aliphatic carbocycles. The van der Waals surface area contributed by atoms with Crippen molar-refractivity contribution in [1.29, 1.82) is 0 Å². The van der Waals surface area contributed by atoms with E-state index in [-0.39, 0.29) is 5.82 Å². The number of benzene rings is 1. The molecule has 0 heterocycles. The van der Waals surface area contributed by atoms with Crippen LogP contribution in [0.1, 0.15) is 6.42 Å². The Morgan fingerprint density at radius 2 is 1.79 bits per heavy atom. The lowest BCUT2D eigenvalue weighted by Crippen LogP contribution is -2.41. The van der Waals surface area contributed by atoms with Gasteiger partial charge in [-0.05, 0) is 24.3 Å². The van der Waals surface area contributed by atoms with Crippen LogP contribution in [-0.4, -0.2) is 13.8 Å². The van der Waals surface area contributed by atoms with Gasteiger partial charge >= 0.3 is 0 Å². The Morgan fingerprint density at radius 3 is 2.29 bits per heavy atom. The molecule has 1 aromatic rings. The molecule has 0 atom stereocenters. The normalized spacial score (nSPS) is 11.7. The van der Waals surface area contributed by atoms with Crippen LogP contribution < -0.4 is 5.19 Å². The van der Waals surface area contributed by atoms with E-state index in [4.69, 9.17) is 0 Å². The molecular formula is C11H17FSSi. The molecule has 0 aromatic heterocycles. The van der Waals surface area contributed by atoms with Crippen molar-refractivity contribution < 1.29 is 4.39 Å². The van der Waals surface area contributed by atoms with Gasteiger partial charge in [-0.3, -0.25) is 0 Å². The highest BCUT2D eigenvalue weighted by Crippen LogP contribution is 2.13. The maximum Gasteiger partial charge on any atom is 0.123 e. The van der Waals surface area contributed by atoms with E-state index < -0.39 is 8.07 Å². The Kier molecular flexibility index (Phi) is 4.20. The molecule has 0 bridgehead atoms. The molecule has 0 aliphatic heterocycles. The van der Waals surface area contributed by atoms with Crippen LogP contribution in [0.3, 0.4) is 0 Å². The molecule has 0 radical (unpaired) electrons. The minimum absolute atomic E-state index is 0.146. The van der Waals surface area contributed by atoms with Gasteiger partial charge in [0.05, 0.1) is 8.07 Å².